The van der Waals surface area contributed by atoms with Crippen LogP contribution >= 0.6 is 15.9 Å². The summed E-state index contributed by atoms with van der Waals surface area (Å²) in [5.74, 6) is -0.409. The summed E-state index contributed by atoms with van der Waals surface area (Å²) in [5, 5.41) is 4.17. The number of carbonyl (C=O) groups is 1. The third-order valence-electron chi connectivity index (χ3n) is 2.06. The lowest BCUT2D eigenvalue weighted by molar-refractivity contribution is 0.00625. The normalized spacial score (nSPS) is 11.8. The van der Waals surface area contributed by atoms with Crippen molar-refractivity contribution < 1.29 is 9.53 Å². The topological polar surface area (TPSA) is 43.6 Å². The lowest BCUT2D eigenvalue weighted by Crippen LogP contribution is -2.24. The van der Waals surface area contributed by atoms with Gasteiger partial charge in [-0.1, -0.05) is 0 Å². The van der Waals surface area contributed by atoms with Gasteiger partial charge in [-0.15, -0.1) is 0 Å². The van der Waals surface area contributed by atoms with Gasteiger partial charge in [-0.2, -0.15) is 5.10 Å². The molecule has 2 rings (SSSR count). The summed E-state index contributed by atoms with van der Waals surface area (Å²) < 4.78 is 7.80. The molecule has 4 nitrogen and oxygen atoms in total. The van der Waals surface area contributed by atoms with Crippen LogP contribution in [0.25, 0.3) is 5.52 Å². The fourth-order valence-electron chi connectivity index (χ4n) is 1.41. The van der Waals surface area contributed by atoms with Gasteiger partial charge >= 0.3 is 5.97 Å². The van der Waals surface area contributed by atoms with E-state index in [0.29, 0.717) is 5.69 Å². The van der Waals surface area contributed by atoms with E-state index >= 15 is 0 Å². The molecule has 0 amide bonds. The van der Waals surface area contributed by atoms with Crippen LogP contribution in [0, 0.1) is 0 Å². The minimum absolute atomic E-state index is 0.312. The summed E-state index contributed by atoms with van der Waals surface area (Å²) in [6.45, 7) is 5.49. The standard InChI is InChI=1S/C12H13BrN2O2/c1-12(2,3)17-11(16)9-7-10-8(13)5-4-6-15(10)14-9/h4-7H,1-3H3. The maximum absolute atomic E-state index is 11.8. The molecule has 17 heavy (non-hydrogen) atoms. The fraction of sp³-hybridized carbons (Fsp3) is 0.333. The molecule has 0 aliphatic rings. The molecular weight excluding hydrogens is 284 g/mol. The molecule has 0 atom stereocenters. The van der Waals surface area contributed by atoms with Crippen molar-refractivity contribution in [3.8, 4) is 0 Å². The van der Waals surface area contributed by atoms with Crippen molar-refractivity contribution in [1.82, 2.24) is 9.61 Å². The van der Waals surface area contributed by atoms with Crippen LogP contribution in [-0.2, 0) is 4.74 Å². The largest absolute Gasteiger partial charge is 0.455 e. The van der Waals surface area contributed by atoms with Crippen LogP contribution in [0.4, 0.5) is 0 Å². The second-order valence-electron chi connectivity index (χ2n) is 4.72. The molecule has 0 radical (unpaired) electrons. The van der Waals surface area contributed by atoms with E-state index in [4.69, 9.17) is 4.74 Å². The summed E-state index contributed by atoms with van der Waals surface area (Å²) in [4.78, 5) is 11.8. The van der Waals surface area contributed by atoms with Crippen LogP contribution < -0.4 is 0 Å². The minimum atomic E-state index is -0.510. The zero-order valence-corrected chi connectivity index (χ0v) is 11.5. The number of hydrogen-bond donors (Lipinski definition) is 0. The number of ether oxygens (including phenoxy) is 1. The van der Waals surface area contributed by atoms with Crippen molar-refractivity contribution in [1.29, 1.82) is 0 Å². The molecule has 0 unspecified atom stereocenters. The number of hydrogen-bond acceptors (Lipinski definition) is 3. The van der Waals surface area contributed by atoms with Crippen LogP contribution in [0.5, 0.6) is 0 Å². The van der Waals surface area contributed by atoms with E-state index in [1.165, 1.54) is 0 Å². The third-order valence-corrected chi connectivity index (χ3v) is 2.73. The molecule has 0 saturated carbocycles. The van der Waals surface area contributed by atoms with Gasteiger partial charge < -0.3 is 4.74 Å². The van der Waals surface area contributed by atoms with Crippen molar-refractivity contribution in [2.45, 2.75) is 26.4 Å². The Bertz CT molecular complexity index is 569. The third kappa shape index (κ3) is 2.66. The summed E-state index contributed by atoms with van der Waals surface area (Å²) in [6.07, 6.45) is 1.79. The quantitative estimate of drug-likeness (QED) is 0.760. The number of esters is 1. The highest BCUT2D eigenvalue weighted by atomic mass is 79.9. The van der Waals surface area contributed by atoms with E-state index < -0.39 is 11.6 Å². The van der Waals surface area contributed by atoms with E-state index in [2.05, 4.69) is 21.0 Å². The Morgan fingerprint density at radius 1 is 1.47 bits per heavy atom. The highest BCUT2D eigenvalue weighted by Gasteiger charge is 2.20. The summed E-state index contributed by atoms with van der Waals surface area (Å²) >= 11 is 3.41. The average Bonchev–Trinajstić information content (AvgIpc) is 2.60. The van der Waals surface area contributed by atoms with Gasteiger partial charge in [0.2, 0.25) is 0 Å². The fourth-order valence-corrected chi connectivity index (χ4v) is 1.86. The lowest BCUT2D eigenvalue weighted by Gasteiger charge is -2.18. The first-order valence-corrected chi connectivity index (χ1v) is 6.03. The molecule has 2 aromatic heterocycles. The molecule has 0 fully saturated rings. The first kappa shape index (κ1) is 12.1. The second-order valence-corrected chi connectivity index (χ2v) is 5.57. The Morgan fingerprint density at radius 3 is 2.76 bits per heavy atom. The van der Waals surface area contributed by atoms with Crippen molar-refractivity contribution in [2.75, 3.05) is 0 Å². The number of nitrogens with zero attached hydrogens (tertiary/aromatic N) is 2. The Kier molecular flexibility index (Phi) is 2.95. The van der Waals surface area contributed by atoms with Crippen molar-refractivity contribution in [3.63, 3.8) is 0 Å². The predicted molar refractivity (Wildman–Crippen MR) is 68.1 cm³/mol. The molecular formula is C12H13BrN2O2. The zero-order valence-electron chi connectivity index (χ0n) is 9.90. The van der Waals surface area contributed by atoms with E-state index in [1.807, 2.05) is 32.9 Å². The number of rotatable bonds is 1. The van der Waals surface area contributed by atoms with Crippen molar-refractivity contribution in [3.05, 3.63) is 34.6 Å². The molecule has 5 heteroatoms. The van der Waals surface area contributed by atoms with Crippen molar-refractivity contribution in [2.24, 2.45) is 0 Å². The van der Waals surface area contributed by atoms with Gasteiger partial charge in [0.15, 0.2) is 5.69 Å². The SMILES string of the molecule is CC(C)(C)OC(=O)c1cc2c(Br)cccn2n1. The molecule has 0 saturated heterocycles. The first-order chi connectivity index (χ1) is 7.87. The predicted octanol–water partition coefficient (Wildman–Crippen LogP) is 3.05. The van der Waals surface area contributed by atoms with Gasteiger partial charge in [0.25, 0.3) is 0 Å². The smallest absolute Gasteiger partial charge is 0.359 e. The molecule has 0 spiro atoms. The van der Waals surface area contributed by atoms with Crippen LogP contribution in [0.2, 0.25) is 0 Å². The van der Waals surface area contributed by atoms with E-state index in [9.17, 15) is 4.79 Å². The summed E-state index contributed by atoms with van der Waals surface area (Å²) in [5.41, 5.74) is 0.643. The van der Waals surface area contributed by atoms with Gasteiger partial charge in [-0.05, 0) is 54.9 Å². The van der Waals surface area contributed by atoms with Crippen molar-refractivity contribution >= 4 is 27.4 Å². The molecule has 90 valence electrons. The highest BCUT2D eigenvalue weighted by molar-refractivity contribution is 9.10. The van der Waals surface area contributed by atoms with Gasteiger partial charge in [-0.25, -0.2) is 9.31 Å². The Hall–Kier alpha value is -1.36. The first-order valence-electron chi connectivity index (χ1n) is 5.24. The zero-order chi connectivity index (χ0) is 12.6. The second kappa shape index (κ2) is 4.14. The van der Waals surface area contributed by atoms with Crippen LogP contribution in [0.3, 0.4) is 0 Å². The molecule has 2 heterocycles. The molecule has 0 bridgehead atoms. The number of pyridine rings is 1. The number of carbonyl (C=O) groups excluding carboxylic acids is 1. The van der Waals surface area contributed by atoms with Gasteiger partial charge in [0, 0.05) is 10.7 Å². The Morgan fingerprint density at radius 2 is 2.18 bits per heavy atom. The monoisotopic (exact) mass is 296 g/mol. The molecule has 0 aromatic carbocycles. The minimum Gasteiger partial charge on any atom is -0.455 e. The molecule has 0 aliphatic carbocycles. The van der Waals surface area contributed by atoms with Crippen LogP contribution in [0.1, 0.15) is 31.3 Å². The maximum atomic E-state index is 11.8. The molecule has 0 N–H and O–H groups in total. The van der Waals surface area contributed by atoms with Gasteiger partial charge in [0.1, 0.15) is 5.60 Å². The van der Waals surface area contributed by atoms with Crippen LogP contribution in [-0.4, -0.2) is 21.2 Å². The summed E-state index contributed by atoms with van der Waals surface area (Å²) in [7, 11) is 0. The number of fused-ring (bicyclic) bond motifs is 1. The lowest BCUT2D eigenvalue weighted by atomic mass is 10.2. The number of halogens is 1. The van der Waals surface area contributed by atoms with E-state index in [1.54, 1.807) is 16.8 Å². The van der Waals surface area contributed by atoms with E-state index in [0.717, 1.165) is 9.99 Å². The Balaban J connectivity index is 2.37. The van der Waals surface area contributed by atoms with Crippen LogP contribution in [0.15, 0.2) is 28.9 Å². The number of aromatic nitrogens is 2. The van der Waals surface area contributed by atoms with Gasteiger partial charge in [-0.3, -0.25) is 0 Å². The molecule has 2 aromatic rings. The average molecular weight is 297 g/mol. The van der Waals surface area contributed by atoms with E-state index in [-0.39, 0.29) is 0 Å². The molecule has 0 aliphatic heterocycles. The maximum Gasteiger partial charge on any atom is 0.359 e. The summed E-state index contributed by atoms with van der Waals surface area (Å²) in [6, 6.07) is 5.46. The Labute approximate surface area is 108 Å². The highest BCUT2D eigenvalue weighted by Crippen LogP contribution is 2.19. The van der Waals surface area contributed by atoms with Gasteiger partial charge in [0.05, 0.1) is 5.52 Å².